The summed E-state index contributed by atoms with van der Waals surface area (Å²) in [7, 11) is -0.143. The molecule has 0 atom stereocenters. The first-order chi connectivity index (χ1) is 11.3. The molecule has 0 amide bonds. The second-order valence-electron chi connectivity index (χ2n) is 7.41. The zero-order chi connectivity index (χ0) is 16.1. The first kappa shape index (κ1) is 16.8. The number of benzene rings is 1. The highest BCUT2D eigenvalue weighted by Crippen LogP contribution is 2.39. The Bertz CT molecular complexity index is 571. The first-order valence-corrected chi connectivity index (χ1v) is 11.7. The molecule has 1 aliphatic carbocycles. The van der Waals surface area contributed by atoms with Gasteiger partial charge >= 0.3 is 0 Å². The standard InChI is InChI=1S/C22H31Si/c1-3-22(4-2)14-12-19(13-15-22)21-11-7-6-10-20(21)18-23-16-8-5-9-17-23/h6-7,10-14H,3-5,8-9,15-18H2,1-2H3. The van der Waals surface area contributed by atoms with Crippen molar-refractivity contribution in [3.05, 3.63) is 53.6 Å². The van der Waals surface area contributed by atoms with E-state index in [1.165, 1.54) is 67.8 Å². The molecule has 0 saturated carbocycles. The van der Waals surface area contributed by atoms with Crippen molar-refractivity contribution in [1.29, 1.82) is 0 Å². The van der Waals surface area contributed by atoms with Crippen LogP contribution in [0.2, 0.25) is 12.1 Å². The summed E-state index contributed by atoms with van der Waals surface area (Å²) in [6.45, 7) is 4.65. The molecule has 0 N–H and O–H groups in total. The van der Waals surface area contributed by atoms with Gasteiger partial charge in [0, 0.05) is 0 Å². The second kappa shape index (κ2) is 7.66. The van der Waals surface area contributed by atoms with Crippen LogP contribution in [0.15, 0.2) is 42.5 Å². The molecule has 0 bridgehead atoms. The fourth-order valence-electron chi connectivity index (χ4n) is 4.14. The topological polar surface area (TPSA) is 0 Å². The smallest absolute Gasteiger partial charge is 0.0525 e. The highest BCUT2D eigenvalue weighted by atomic mass is 28.3. The highest BCUT2D eigenvalue weighted by Gasteiger charge is 2.25. The molecule has 0 spiro atoms. The van der Waals surface area contributed by atoms with Gasteiger partial charge in [0.05, 0.1) is 8.80 Å². The molecule has 23 heavy (non-hydrogen) atoms. The zero-order valence-electron chi connectivity index (χ0n) is 14.9. The van der Waals surface area contributed by atoms with Crippen LogP contribution in [0.1, 0.15) is 63.5 Å². The number of allylic oxidation sites excluding steroid dienone is 4. The summed E-state index contributed by atoms with van der Waals surface area (Å²) in [5.41, 5.74) is 5.00. The van der Waals surface area contributed by atoms with Crippen molar-refractivity contribution in [3.8, 4) is 0 Å². The lowest BCUT2D eigenvalue weighted by Gasteiger charge is -2.30. The Morgan fingerprint density at radius 3 is 2.39 bits per heavy atom. The molecule has 3 rings (SSSR count). The molecular weight excluding hydrogens is 292 g/mol. The van der Waals surface area contributed by atoms with Gasteiger partial charge in [0.1, 0.15) is 0 Å². The quantitative estimate of drug-likeness (QED) is 0.536. The van der Waals surface area contributed by atoms with Crippen LogP contribution in [0, 0.1) is 5.41 Å². The molecule has 1 saturated heterocycles. The van der Waals surface area contributed by atoms with Crippen molar-refractivity contribution in [2.75, 3.05) is 0 Å². The van der Waals surface area contributed by atoms with Crippen LogP contribution in [0.4, 0.5) is 0 Å². The summed E-state index contributed by atoms with van der Waals surface area (Å²) in [6.07, 6.45) is 15.5. The fourth-order valence-corrected chi connectivity index (χ4v) is 7.09. The van der Waals surface area contributed by atoms with Gasteiger partial charge in [-0.1, -0.05) is 87.7 Å². The molecule has 1 aliphatic heterocycles. The van der Waals surface area contributed by atoms with E-state index in [0.29, 0.717) is 5.41 Å². The van der Waals surface area contributed by atoms with E-state index in [9.17, 15) is 0 Å². The van der Waals surface area contributed by atoms with Crippen molar-refractivity contribution >= 4 is 14.4 Å². The molecule has 123 valence electrons. The average Bonchev–Trinajstić information content (AvgIpc) is 2.63. The summed E-state index contributed by atoms with van der Waals surface area (Å²) in [6, 6.07) is 13.6. The van der Waals surface area contributed by atoms with E-state index in [-0.39, 0.29) is 8.80 Å². The van der Waals surface area contributed by atoms with Crippen molar-refractivity contribution in [1.82, 2.24) is 0 Å². The predicted octanol–water partition coefficient (Wildman–Crippen LogP) is 6.60. The molecule has 1 radical (unpaired) electrons. The Hall–Kier alpha value is -1.08. The average molecular weight is 324 g/mol. The van der Waals surface area contributed by atoms with E-state index < -0.39 is 0 Å². The van der Waals surface area contributed by atoms with Gasteiger partial charge in [0.15, 0.2) is 0 Å². The van der Waals surface area contributed by atoms with Crippen LogP contribution in [0.5, 0.6) is 0 Å². The molecular formula is C22H31Si. The molecule has 1 heterocycles. The SMILES string of the molecule is CCC1(CC)C=CC(c2ccccc2C[Si]2CCCCC2)=CC1. The molecule has 1 heteroatoms. The molecule has 0 unspecified atom stereocenters. The maximum absolute atomic E-state index is 2.50. The summed E-state index contributed by atoms with van der Waals surface area (Å²) in [4.78, 5) is 0. The van der Waals surface area contributed by atoms with Crippen LogP contribution in [-0.4, -0.2) is 8.80 Å². The monoisotopic (exact) mass is 323 g/mol. The summed E-state index contributed by atoms with van der Waals surface area (Å²) in [5, 5.41) is 0. The maximum Gasteiger partial charge on any atom is 0.0525 e. The lowest BCUT2D eigenvalue weighted by Crippen LogP contribution is -2.20. The van der Waals surface area contributed by atoms with E-state index >= 15 is 0 Å². The minimum Gasteiger partial charge on any atom is -0.0774 e. The van der Waals surface area contributed by atoms with E-state index in [0.717, 1.165) is 0 Å². The van der Waals surface area contributed by atoms with E-state index in [1.807, 2.05) is 0 Å². The summed E-state index contributed by atoms with van der Waals surface area (Å²) >= 11 is 0. The molecule has 1 fully saturated rings. The van der Waals surface area contributed by atoms with Gasteiger partial charge in [0.2, 0.25) is 0 Å². The Balaban J connectivity index is 1.78. The second-order valence-corrected chi connectivity index (χ2v) is 10.3. The maximum atomic E-state index is 2.50. The van der Waals surface area contributed by atoms with Gasteiger partial charge in [-0.25, -0.2) is 0 Å². The number of rotatable bonds is 5. The van der Waals surface area contributed by atoms with E-state index in [1.54, 1.807) is 5.56 Å². The van der Waals surface area contributed by atoms with Gasteiger partial charge in [-0.05, 0) is 47.4 Å². The molecule has 0 nitrogen and oxygen atoms in total. The van der Waals surface area contributed by atoms with Crippen molar-refractivity contribution < 1.29 is 0 Å². The highest BCUT2D eigenvalue weighted by molar-refractivity contribution is 6.58. The van der Waals surface area contributed by atoms with Gasteiger partial charge in [0.25, 0.3) is 0 Å². The molecule has 2 aliphatic rings. The van der Waals surface area contributed by atoms with E-state index in [4.69, 9.17) is 0 Å². The van der Waals surface area contributed by atoms with Crippen LogP contribution < -0.4 is 0 Å². The predicted molar refractivity (Wildman–Crippen MR) is 104 cm³/mol. The minimum absolute atomic E-state index is 0.143. The van der Waals surface area contributed by atoms with Crippen LogP contribution in [0.25, 0.3) is 5.57 Å². The van der Waals surface area contributed by atoms with Crippen LogP contribution >= 0.6 is 0 Å². The summed E-state index contributed by atoms with van der Waals surface area (Å²) in [5.74, 6) is 0. The Labute approximate surface area is 144 Å². The molecule has 1 aromatic carbocycles. The van der Waals surface area contributed by atoms with Gasteiger partial charge in [-0.2, -0.15) is 0 Å². The summed E-state index contributed by atoms with van der Waals surface area (Å²) < 4.78 is 0. The normalized spacial score (nSPS) is 21.2. The lowest BCUT2D eigenvalue weighted by atomic mass is 9.75. The molecule has 1 aromatic rings. The third-order valence-corrected chi connectivity index (χ3v) is 9.08. The Morgan fingerprint density at radius 1 is 1.00 bits per heavy atom. The largest absolute Gasteiger partial charge is 0.0774 e. The Morgan fingerprint density at radius 2 is 1.74 bits per heavy atom. The van der Waals surface area contributed by atoms with Crippen molar-refractivity contribution in [3.63, 3.8) is 0 Å². The van der Waals surface area contributed by atoms with Crippen LogP contribution in [-0.2, 0) is 6.04 Å². The van der Waals surface area contributed by atoms with Gasteiger partial charge in [-0.3, -0.25) is 0 Å². The third kappa shape index (κ3) is 3.88. The number of hydrogen-bond donors (Lipinski definition) is 0. The third-order valence-electron chi connectivity index (χ3n) is 6.08. The minimum atomic E-state index is -0.143. The van der Waals surface area contributed by atoms with Crippen molar-refractivity contribution in [2.24, 2.45) is 5.41 Å². The number of hydrogen-bond acceptors (Lipinski definition) is 0. The van der Waals surface area contributed by atoms with E-state index in [2.05, 4.69) is 56.3 Å². The fraction of sp³-hybridized carbons (Fsp3) is 0.545. The van der Waals surface area contributed by atoms with Gasteiger partial charge in [-0.15, -0.1) is 0 Å². The first-order valence-electron chi connectivity index (χ1n) is 9.57. The Kier molecular flexibility index (Phi) is 5.58. The lowest BCUT2D eigenvalue weighted by molar-refractivity contribution is 0.355. The van der Waals surface area contributed by atoms with Gasteiger partial charge < -0.3 is 0 Å². The van der Waals surface area contributed by atoms with Crippen molar-refractivity contribution in [2.45, 2.75) is 70.5 Å². The van der Waals surface area contributed by atoms with Crippen LogP contribution in [0.3, 0.4) is 0 Å². The zero-order valence-corrected chi connectivity index (χ0v) is 15.9. The molecule has 0 aromatic heterocycles.